The van der Waals surface area contributed by atoms with Gasteiger partial charge in [0.05, 0.1) is 26.4 Å². The van der Waals surface area contributed by atoms with E-state index >= 15 is 0 Å². The van der Waals surface area contributed by atoms with Crippen LogP contribution in [0.1, 0.15) is 29.7 Å². The Morgan fingerprint density at radius 2 is 1.78 bits per heavy atom. The first-order valence-corrected chi connectivity index (χ1v) is 12.8. The maximum Gasteiger partial charge on any atom is 0.161 e. The lowest BCUT2D eigenvalue weighted by Gasteiger charge is -2.26. The minimum atomic E-state index is -0.543. The molecular formula is C29H43N3O4. The lowest BCUT2D eigenvalue weighted by molar-refractivity contribution is 0.0908. The van der Waals surface area contributed by atoms with E-state index in [-0.39, 0.29) is 6.61 Å². The first kappa shape index (κ1) is 28.0. The van der Waals surface area contributed by atoms with Crippen molar-refractivity contribution < 1.29 is 19.7 Å². The summed E-state index contributed by atoms with van der Waals surface area (Å²) in [6.45, 7) is 8.36. The molecule has 1 aromatic heterocycles. The summed E-state index contributed by atoms with van der Waals surface area (Å²) in [5.74, 6) is 1.46. The standard InChI is InChI=1S/C29H43N3O4/c1-22-23(2)32(27-11-7-6-10-26(22)27)21-25(34)20-31(15-8-16-33)19-24-12-13-28(29(18-24)35-5)36-17-9-14-30(3)4/h6-7,10-13,18,25,33-34H,8-9,14-17,19-21H2,1-5H3. The number of rotatable bonds is 15. The van der Waals surface area contributed by atoms with Crippen molar-refractivity contribution in [2.75, 3.05) is 54.1 Å². The van der Waals surface area contributed by atoms with Gasteiger partial charge in [0.1, 0.15) is 0 Å². The van der Waals surface area contributed by atoms with Crippen LogP contribution in [0.5, 0.6) is 11.5 Å². The highest BCUT2D eigenvalue weighted by molar-refractivity contribution is 5.85. The quantitative estimate of drug-likeness (QED) is 0.311. The van der Waals surface area contributed by atoms with Gasteiger partial charge in [0, 0.05) is 49.4 Å². The largest absolute Gasteiger partial charge is 0.493 e. The number of ether oxygens (including phenoxy) is 2. The molecule has 0 saturated heterocycles. The molecule has 1 atom stereocenters. The molecule has 198 valence electrons. The third kappa shape index (κ3) is 7.46. The Bertz CT molecular complexity index is 1100. The summed E-state index contributed by atoms with van der Waals surface area (Å²) in [6.07, 6.45) is 1.06. The fraction of sp³-hybridized carbons (Fsp3) is 0.517. The summed E-state index contributed by atoms with van der Waals surface area (Å²) in [5, 5.41) is 21.7. The van der Waals surface area contributed by atoms with Crippen LogP contribution in [0.3, 0.4) is 0 Å². The van der Waals surface area contributed by atoms with Crippen molar-refractivity contribution in [3.05, 3.63) is 59.3 Å². The number of nitrogens with zero attached hydrogens (tertiary/aromatic N) is 3. The zero-order chi connectivity index (χ0) is 26.1. The lowest BCUT2D eigenvalue weighted by atomic mass is 10.1. The number of methoxy groups -OCH3 is 1. The van der Waals surface area contributed by atoms with E-state index in [0.29, 0.717) is 45.0 Å². The number of aliphatic hydroxyl groups excluding tert-OH is 2. The van der Waals surface area contributed by atoms with Crippen molar-refractivity contribution in [3.8, 4) is 11.5 Å². The Hall–Kier alpha value is -2.58. The first-order chi connectivity index (χ1) is 17.3. The highest BCUT2D eigenvalue weighted by Gasteiger charge is 2.17. The molecule has 3 rings (SSSR count). The summed E-state index contributed by atoms with van der Waals surface area (Å²) in [7, 11) is 5.76. The molecule has 0 fully saturated rings. The van der Waals surface area contributed by atoms with Gasteiger partial charge in [-0.25, -0.2) is 0 Å². The molecule has 0 bridgehead atoms. The van der Waals surface area contributed by atoms with E-state index in [0.717, 1.165) is 29.8 Å². The zero-order valence-electron chi connectivity index (χ0n) is 22.5. The van der Waals surface area contributed by atoms with Crippen molar-refractivity contribution in [1.29, 1.82) is 0 Å². The molecule has 2 aromatic carbocycles. The van der Waals surface area contributed by atoms with E-state index in [2.05, 4.69) is 66.6 Å². The Labute approximate surface area is 215 Å². The zero-order valence-corrected chi connectivity index (χ0v) is 22.5. The predicted molar refractivity (Wildman–Crippen MR) is 146 cm³/mol. The van der Waals surface area contributed by atoms with Crippen molar-refractivity contribution in [3.63, 3.8) is 0 Å². The van der Waals surface area contributed by atoms with Crippen LogP contribution >= 0.6 is 0 Å². The SMILES string of the molecule is COc1cc(CN(CCCO)CC(O)Cn2c(C)c(C)c3ccccc32)ccc1OCCCN(C)C. The van der Waals surface area contributed by atoms with Gasteiger partial charge in [-0.05, 0) is 70.1 Å². The number of hydrogen-bond donors (Lipinski definition) is 2. The number of benzene rings is 2. The maximum absolute atomic E-state index is 11.1. The van der Waals surface area contributed by atoms with Gasteiger partial charge in [-0.1, -0.05) is 24.3 Å². The topological polar surface area (TPSA) is 70.3 Å². The Balaban J connectivity index is 1.67. The van der Waals surface area contributed by atoms with E-state index in [4.69, 9.17) is 9.47 Å². The van der Waals surface area contributed by atoms with Crippen LogP contribution in [-0.2, 0) is 13.1 Å². The van der Waals surface area contributed by atoms with Gasteiger partial charge in [-0.2, -0.15) is 0 Å². The van der Waals surface area contributed by atoms with Gasteiger partial charge in [0.25, 0.3) is 0 Å². The van der Waals surface area contributed by atoms with Gasteiger partial charge in [0.2, 0.25) is 0 Å². The summed E-state index contributed by atoms with van der Waals surface area (Å²) in [4.78, 5) is 4.33. The minimum Gasteiger partial charge on any atom is -0.493 e. The monoisotopic (exact) mass is 497 g/mol. The fourth-order valence-electron chi connectivity index (χ4n) is 4.69. The lowest BCUT2D eigenvalue weighted by Crippen LogP contribution is -2.35. The maximum atomic E-state index is 11.1. The van der Waals surface area contributed by atoms with Crippen LogP contribution in [0.4, 0.5) is 0 Å². The number of para-hydroxylation sites is 1. The molecule has 0 aliphatic rings. The second kappa shape index (κ2) is 13.7. The van der Waals surface area contributed by atoms with E-state index in [9.17, 15) is 10.2 Å². The smallest absolute Gasteiger partial charge is 0.161 e. The second-order valence-electron chi connectivity index (χ2n) is 9.79. The average Bonchev–Trinajstić information content (AvgIpc) is 3.10. The van der Waals surface area contributed by atoms with Gasteiger partial charge in [0.15, 0.2) is 11.5 Å². The van der Waals surface area contributed by atoms with Gasteiger partial charge >= 0.3 is 0 Å². The molecule has 1 heterocycles. The Morgan fingerprint density at radius 3 is 2.50 bits per heavy atom. The molecule has 0 spiro atoms. The van der Waals surface area contributed by atoms with Crippen molar-refractivity contribution in [2.45, 2.75) is 45.9 Å². The number of aryl methyl sites for hydroxylation is 1. The van der Waals surface area contributed by atoms with E-state index in [1.807, 2.05) is 18.2 Å². The van der Waals surface area contributed by atoms with Crippen molar-refractivity contribution in [1.82, 2.24) is 14.4 Å². The van der Waals surface area contributed by atoms with Crippen LogP contribution in [-0.4, -0.2) is 84.7 Å². The third-order valence-electron chi connectivity index (χ3n) is 6.68. The molecule has 0 amide bonds. The molecular weight excluding hydrogens is 454 g/mol. The second-order valence-corrected chi connectivity index (χ2v) is 9.79. The average molecular weight is 498 g/mol. The van der Waals surface area contributed by atoms with Gasteiger partial charge in [-0.15, -0.1) is 0 Å². The van der Waals surface area contributed by atoms with Gasteiger partial charge in [-0.3, -0.25) is 4.90 Å². The molecule has 0 saturated carbocycles. The minimum absolute atomic E-state index is 0.121. The summed E-state index contributed by atoms with van der Waals surface area (Å²) >= 11 is 0. The summed E-state index contributed by atoms with van der Waals surface area (Å²) in [5.41, 5.74) is 4.67. The number of aromatic nitrogens is 1. The number of aliphatic hydroxyl groups is 2. The summed E-state index contributed by atoms with van der Waals surface area (Å²) in [6, 6.07) is 14.4. The van der Waals surface area contributed by atoms with Crippen LogP contribution in [0, 0.1) is 13.8 Å². The molecule has 0 aliphatic carbocycles. The summed E-state index contributed by atoms with van der Waals surface area (Å²) < 4.78 is 13.8. The van der Waals surface area contributed by atoms with Crippen LogP contribution in [0.15, 0.2) is 42.5 Å². The third-order valence-corrected chi connectivity index (χ3v) is 6.68. The van der Waals surface area contributed by atoms with Crippen molar-refractivity contribution in [2.24, 2.45) is 0 Å². The van der Waals surface area contributed by atoms with Crippen LogP contribution in [0.2, 0.25) is 0 Å². The number of fused-ring (bicyclic) bond motifs is 1. The molecule has 7 heteroatoms. The molecule has 2 N–H and O–H groups in total. The molecule has 36 heavy (non-hydrogen) atoms. The van der Waals surface area contributed by atoms with E-state index in [1.165, 1.54) is 16.6 Å². The Morgan fingerprint density at radius 1 is 1.00 bits per heavy atom. The van der Waals surface area contributed by atoms with Crippen LogP contribution < -0.4 is 9.47 Å². The Kier molecular flexibility index (Phi) is 10.6. The van der Waals surface area contributed by atoms with Crippen molar-refractivity contribution >= 4 is 10.9 Å². The normalized spacial score (nSPS) is 12.6. The first-order valence-electron chi connectivity index (χ1n) is 12.8. The van der Waals surface area contributed by atoms with E-state index < -0.39 is 6.10 Å². The fourth-order valence-corrected chi connectivity index (χ4v) is 4.69. The highest BCUT2D eigenvalue weighted by atomic mass is 16.5. The molecule has 7 nitrogen and oxygen atoms in total. The van der Waals surface area contributed by atoms with Gasteiger partial charge < -0.3 is 29.2 Å². The highest BCUT2D eigenvalue weighted by Crippen LogP contribution is 2.29. The predicted octanol–water partition coefficient (Wildman–Crippen LogP) is 3.84. The molecule has 0 aliphatic heterocycles. The number of hydrogen-bond acceptors (Lipinski definition) is 6. The molecule has 3 aromatic rings. The molecule has 1 unspecified atom stereocenters. The molecule has 0 radical (unpaired) electrons. The van der Waals surface area contributed by atoms with Crippen LogP contribution in [0.25, 0.3) is 10.9 Å². The van der Waals surface area contributed by atoms with E-state index in [1.54, 1.807) is 7.11 Å².